The first-order valence-corrected chi connectivity index (χ1v) is 28.1. The zero-order chi connectivity index (χ0) is 52.9. The number of H-pyrrole nitrogens is 2. The molecule has 2 saturated carbocycles. The third-order valence-electron chi connectivity index (χ3n) is 18.1. The van der Waals surface area contributed by atoms with Gasteiger partial charge in [-0.1, -0.05) is 68.1 Å². The number of halogens is 2. The number of nitrogens with zero attached hydrogens (tertiary/aromatic N) is 6. The number of hydrogen-bond acceptors (Lipinski definition) is 8. The van der Waals surface area contributed by atoms with Gasteiger partial charge in [-0.25, -0.2) is 28.3 Å². The van der Waals surface area contributed by atoms with Crippen LogP contribution >= 0.6 is 0 Å². The molecule has 6 aromatic rings. The predicted molar refractivity (Wildman–Crippen MR) is 288 cm³/mol. The summed E-state index contributed by atoms with van der Waals surface area (Å²) in [5.74, 6) is -0.143. The SMILES string of the molecule is O=C(O)NC(C(=O)N1CCCC1c1nc2ccc([C@H]3CC[C@@H](c4ccc5nc(C6CCCN6C(=O)[C@@H](NC(=O)O)C6CCCC6)[nH]c5c4)N3c3cc(F)c(N4CCC(c5ccccc5)CC4)c(F)c3)cc2[nH]1)C1CCCC1. The largest absolute Gasteiger partial charge is 0.465 e. The molecular weight excluding hydrogens is 983 g/mol. The van der Waals surface area contributed by atoms with E-state index in [1.165, 1.54) is 17.7 Å². The number of amides is 4. The Morgan fingerprint density at radius 3 is 1.45 bits per heavy atom. The van der Waals surface area contributed by atoms with Crippen molar-refractivity contribution in [2.45, 2.75) is 145 Å². The van der Waals surface area contributed by atoms with E-state index in [1.807, 2.05) is 47.4 Å². The molecule has 6 aliphatic rings. The highest BCUT2D eigenvalue weighted by Crippen LogP contribution is 2.49. The maximum atomic E-state index is 16.9. The molecule has 4 amide bonds. The summed E-state index contributed by atoms with van der Waals surface area (Å²) in [5, 5.41) is 24.6. The molecule has 6 heterocycles. The maximum Gasteiger partial charge on any atom is 0.405 e. The summed E-state index contributed by atoms with van der Waals surface area (Å²) < 4.78 is 33.7. The quantitative estimate of drug-likeness (QED) is 0.0646. The monoisotopic (exact) mass is 1050 g/mol. The molecule has 4 aromatic carbocycles. The van der Waals surface area contributed by atoms with Gasteiger partial charge in [0.2, 0.25) is 11.8 Å². The van der Waals surface area contributed by atoms with Crippen LogP contribution in [0.15, 0.2) is 78.9 Å². The lowest BCUT2D eigenvalue weighted by molar-refractivity contribution is -0.136. The summed E-state index contributed by atoms with van der Waals surface area (Å²) in [7, 11) is 0. The van der Waals surface area contributed by atoms with Gasteiger partial charge in [-0.2, -0.15) is 0 Å². The van der Waals surface area contributed by atoms with Crippen LogP contribution in [0.2, 0.25) is 0 Å². The standard InChI is InChI=1S/C59H68F2N10O6/c60-41-32-40(33-42(61)53(41)68-28-24-35(25-29-68)34-10-2-1-3-11-34)71-47(38-18-20-43-45(30-38)64-54(62-43)49-16-8-26-69(49)56(72)51(66-58(74)75)36-12-4-5-13-36)22-23-48(71)39-19-21-44-46(31-39)65-55(63-44)50-17-9-27-70(50)57(73)52(67-59(76)77)37-14-6-7-15-37/h1-3,10-11,18-21,30-33,35-37,47-52,66-67H,4-9,12-17,22-29H2,(H,62,64)(H,63,65)(H,74,75)(H,76,77)/t47-,48+,49?,50?,51-,52?/m0/s1. The lowest BCUT2D eigenvalue weighted by atomic mass is 9.89. The molecule has 6 N–H and O–H groups in total. The van der Waals surface area contributed by atoms with Gasteiger partial charge in [0.1, 0.15) is 29.4 Å². The van der Waals surface area contributed by atoms with Crippen LogP contribution in [0, 0.1) is 23.5 Å². The third-order valence-corrected chi connectivity index (χ3v) is 18.1. The molecule has 0 bridgehead atoms. The highest BCUT2D eigenvalue weighted by molar-refractivity contribution is 5.87. The van der Waals surface area contributed by atoms with Gasteiger partial charge in [-0.3, -0.25) is 9.59 Å². The van der Waals surface area contributed by atoms with Crippen LogP contribution in [-0.2, 0) is 9.59 Å². The number of hydrogen-bond donors (Lipinski definition) is 6. The Bertz CT molecular complexity index is 2990. The first-order chi connectivity index (χ1) is 37.4. The van der Waals surface area contributed by atoms with Crippen molar-refractivity contribution in [2.24, 2.45) is 11.8 Å². The molecule has 6 fully saturated rings. The second-order valence-corrected chi connectivity index (χ2v) is 22.6. The number of carboxylic acid groups (broad SMARTS) is 2. The van der Waals surface area contributed by atoms with E-state index in [-0.39, 0.29) is 53.5 Å². The molecule has 77 heavy (non-hydrogen) atoms. The molecule has 0 spiro atoms. The Kier molecular flexibility index (Phi) is 14.0. The summed E-state index contributed by atoms with van der Waals surface area (Å²) in [6, 6.07) is 22.4. The number of nitrogens with one attached hydrogen (secondary N) is 4. The van der Waals surface area contributed by atoms with Gasteiger partial charge in [0, 0.05) is 31.9 Å². The van der Waals surface area contributed by atoms with Crippen molar-refractivity contribution in [1.29, 1.82) is 0 Å². The van der Waals surface area contributed by atoms with Crippen molar-refractivity contribution in [2.75, 3.05) is 36.0 Å². The number of fused-ring (bicyclic) bond motifs is 2. The van der Waals surface area contributed by atoms with Gasteiger partial charge in [0.05, 0.1) is 46.2 Å². The fraction of sp³-hybridized carbons (Fsp3) is 0.492. The number of likely N-dealkylation sites (tertiary alicyclic amines) is 2. The number of carbonyl (C=O) groups excluding carboxylic acids is 2. The molecule has 4 saturated heterocycles. The average Bonchev–Trinajstić information content (AvgIpc) is 4.38. The van der Waals surface area contributed by atoms with Crippen LogP contribution < -0.4 is 20.4 Å². The lowest BCUT2D eigenvalue weighted by Crippen LogP contribution is -2.51. The van der Waals surface area contributed by atoms with Crippen LogP contribution in [0.5, 0.6) is 0 Å². The first-order valence-electron chi connectivity index (χ1n) is 28.1. The zero-order valence-corrected chi connectivity index (χ0v) is 43.3. The van der Waals surface area contributed by atoms with Crippen molar-refractivity contribution >= 4 is 57.4 Å². The minimum Gasteiger partial charge on any atom is -0.465 e. The summed E-state index contributed by atoms with van der Waals surface area (Å²) in [6.07, 6.45) is 10.5. The van der Waals surface area contributed by atoms with E-state index >= 15 is 8.78 Å². The maximum absolute atomic E-state index is 16.9. The summed E-state index contributed by atoms with van der Waals surface area (Å²) in [4.78, 5) is 76.8. The van der Waals surface area contributed by atoms with Crippen molar-refractivity contribution in [3.8, 4) is 0 Å². The number of piperidine rings is 1. The molecule has 404 valence electrons. The lowest BCUT2D eigenvalue weighted by Gasteiger charge is -2.36. The second-order valence-electron chi connectivity index (χ2n) is 22.6. The van der Waals surface area contributed by atoms with Crippen molar-refractivity contribution in [1.82, 2.24) is 40.4 Å². The number of aromatic amines is 2. The van der Waals surface area contributed by atoms with Gasteiger partial charge in [-0.05, 0) is 148 Å². The molecule has 3 unspecified atom stereocenters. The van der Waals surface area contributed by atoms with Crippen LogP contribution in [-0.4, -0.2) is 102 Å². The third kappa shape index (κ3) is 9.92. The van der Waals surface area contributed by atoms with Gasteiger partial charge in [-0.15, -0.1) is 0 Å². The molecule has 2 aromatic heterocycles. The van der Waals surface area contributed by atoms with E-state index in [1.54, 1.807) is 9.80 Å². The molecule has 12 rings (SSSR count). The Hall–Kier alpha value is -7.24. The normalized spacial score (nSPS) is 23.4. The number of aromatic nitrogens is 4. The molecule has 16 nitrogen and oxygen atoms in total. The minimum absolute atomic E-state index is 0.00846. The zero-order valence-electron chi connectivity index (χ0n) is 43.3. The molecule has 6 atom stereocenters. The summed E-state index contributed by atoms with van der Waals surface area (Å²) in [6.45, 7) is 2.06. The van der Waals surface area contributed by atoms with Crippen molar-refractivity contribution in [3.63, 3.8) is 0 Å². The highest BCUT2D eigenvalue weighted by Gasteiger charge is 2.43. The van der Waals surface area contributed by atoms with E-state index in [0.29, 0.717) is 86.1 Å². The number of carbonyl (C=O) groups is 4. The van der Waals surface area contributed by atoms with Crippen LogP contribution in [0.4, 0.5) is 29.7 Å². The molecule has 18 heteroatoms. The summed E-state index contributed by atoms with van der Waals surface area (Å²) in [5.41, 5.74) is 6.48. The van der Waals surface area contributed by atoms with Gasteiger partial charge in [0.15, 0.2) is 11.6 Å². The number of benzene rings is 4. The van der Waals surface area contributed by atoms with Crippen molar-refractivity contribution in [3.05, 3.63) is 119 Å². The Morgan fingerprint density at radius 2 is 1.00 bits per heavy atom. The smallest absolute Gasteiger partial charge is 0.405 e. The van der Waals surface area contributed by atoms with Crippen molar-refractivity contribution < 1.29 is 38.2 Å². The fourth-order valence-electron chi connectivity index (χ4n) is 14.4. The predicted octanol–water partition coefficient (Wildman–Crippen LogP) is 11.2. The second kappa shape index (κ2) is 21.3. The minimum atomic E-state index is -1.20. The van der Waals surface area contributed by atoms with Crippen LogP contribution in [0.1, 0.15) is 161 Å². The van der Waals surface area contributed by atoms with Gasteiger partial charge >= 0.3 is 12.2 Å². The van der Waals surface area contributed by atoms with E-state index in [9.17, 15) is 29.4 Å². The van der Waals surface area contributed by atoms with E-state index in [0.717, 1.165) is 99.2 Å². The number of anilines is 2. The number of rotatable bonds is 13. The van der Waals surface area contributed by atoms with Crippen LogP contribution in [0.25, 0.3) is 22.1 Å². The molecule has 2 aliphatic carbocycles. The van der Waals surface area contributed by atoms with E-state index in [2.05, 4.69) is 49.8 Å². The molecule has 0 radical (unpaired) electrons. The van der Waals surface area contributed by atoms with Crippen LogP contribution in [0.3, 0.4) is 0 Å². The van der Waals surface area contributed by atoms with E-state index in [4.69, 9.17) is 9.97 Å². The fourth-order valence-corrected chi connectivity index (χ4v) is 14.4. The first kappa shape index (κ1) is 50.6. The van der Waals surface area contributed by atoms with Gasteiger partial charge < -0.3 is 50.4 Å². The Labute approximate surface area is 446 Å². The summed E-state index contributed by atoms with van der Waals surface area (Å²) >= 11 is 0. The number of imidazole rings is 2. The molecular formula is C59H68F2N10O6. The Balaban J connectivity index is 0.852. The Morgan fingerprint density at radius 1 is 0.532 bits per heavy atom. The highest BCUT2D eigenvalue weighted by atomic mass is 19.1. The molecule has 4 aliphatic heterocycles. The topological polar surface area (TPSA) is 203 Å². The average molecular weight is 1050 g/mol. The van der Waals surface area contributed by atoms with E-state index < -0.39 is 35.9 Å². The van der Waals surface area contributed by atoms with Gasteiger partial charge in [0.25, 0.3) is 0 Å².